The molecule has 1 saturated carbocycles. The molecule has 0 spiro atoms. The molecule has 3 fully saturated rings. The van der Waals surface area contributed by atoms with E-state index >= 15 is 0 Å². The summed E-state index contributed by atoms with van der Waals surface area (Å²) in [7, 11) is 1.85. The van der Waals surface area contributed by atoms with E-state index in [9.17, 15) is 0 Å². The Morgan fingerprint density at radius 2 is 1.89 bits per heavy atom. The zero-order valence-corrected chi connectivity index (χ0v) is 12.6. The zero-order chi connectivity index (χ0) is 13.2. The molecule has 0 aromatic carbocycles. The van der Waals surface area contributed by atoms with E-state index in [2.05, 4.69) is 27.7 Å². The minimum atomic E-state index is -0.297. The van der Waals surface area contributed by atoms with E-state index in [1.54, 1.807) is 0 Å². The molecule has 0 radical (unpaired) electrons. The van der Waals surface area contributed by atoms with Gasteiger partial charge in [-0.1, -0.05) is 20.8 Å². The van der Waals surface area contributed by atoms with Crippen molar-refractivity contribution in [1.82, 2.24) is 0 Å². The van der Waals surface area contributed by atoms with Crippen molar-refractivity contribution in [2.75, 3.05) is 7.11 Å². The molecule has 0 aromatic rings. The van der Waals surface area contributed by atoms with Gasteiger partial charge in [-0.15, -0.1) is 0 Å². The maximum atomic E-state index is 6.44. The highest BCUT2D eigenvalue weighted by molar-refractivity contribution is 5.12. The zero-order valence-electron chi connectivity index (χ0n) is 12.6. The Morgan fingerprint density at radius 1 is 1.17 bits per heavy atom. The molecule has 18 heavy (non-hydrogen) atoms. The first-order valence-corrected chi connectivity index (χ1v) is 7.61. The summed E-state index contributed by atoms with van der Waals surface area (Å²) in [6.45, 7) is 9.49. The monoisotopic (exact) mass is 252 g/mol. The maximum Gasteiger partial charge on any atom is 0.174 e. The van der Waals surface area contributed by atoms with Gasteiger partial charge in [0.05, 0.1) is 5.60 Å². The molecule has 0 N–H and O–H groups in total. The number of hydrogen-bond acceptors (Lipinski definition) is 2. The van der Waals surface area contributed by atoms with Crippen molar-refractivity contribution >= 4 is 0 Å². The van der Waals surface area contributed by atoms with Crippen molar-refractivity contribution in [2.24, 2.45) is 23.2 Å². The van der Waals surface area contributed by atoms with Crippen LogP contribution < -0.4 is 0 Å². The molecule has 0 amide bonds. The van der Waals surface area contributed by atoms with Gasteiger partial charge in [-0.3, -0.25) is 0 Å². The summed E-state index contributed by atoms with van der Waals surface area (Å²) in [5.41, 5.74) is 0.296. The first-order chi connectivity index (χ1) is 8.36. The number of fused-ring (bicyclic) bond motifs is 4. The van der Waals surface area contributed by atoms with E-state index in [4.69, 9.17) is 9.47 Å². The highest BCUT2D eigenvalue weighted by Crippen LogP contribution is 2.67. The highest BCUT2D eigenvalue weighted by atomic mass is 16.7. The van der Waals surface area contributed by atoms with Gasteiger partial charge >= 0.3 is 0 Å². The molecule has 2 heterocycles. The van der Waals surface area contributed by atoms with Gasteiger partial charge in [0.15, 0.2) is 5.79 Å². The van der Waals surface area contributed by atoms with E-state index in [-0.39, 0.29) is 16.8 Å². The largest absolute Gasteiger partial charge is 0.353 e. The second-order valence-electron chi connectivity index (χ2n) is 7.68. The van der Waals surface area contributed by atoms with Crippen molar-refractivity contribution in [2.45, 2.75) is 71.2 Å². The average Bonchev–Trinajstić information content (AvgIpc) is 2.80. The summed E-state index contributed by atoms with van der Waals surface area (Å²) in [5.74, 6) is 2.12. The lowest BCUT2D eigenvalue weighted by molar-refractivity contribution is -0.331. The molecular weight excluding hydrogens is 224 g/mol. The van der Waals surface area contributed by atoms with Crippen molar-refractivity contribution in [3.8, 4) is 0 Å². The van der Waals surface area contributed by atoms with E-state index in [1.165, 1.54) is 19.3 Å². The summed E-state index contributed by atoms with van der Waals surface area (Å²) < 4.78 is 12.4. The summed E-state index contributed by atoms with van der Waals surface area (Å²) >= 11 is 0. The minimum absolute atomic E-state index is 0.0671. The van der Waals surface area contributed by atoms with Gasteiger partial charge in [0.1, 0.15) is 0 Å². The van der Waals surface area contributed by atoms with Crippen LogP contribution in [0.5, 0.6) is 0 Å². The number of rotatable bonds is 2. The third-order valence-corrected chi connectivity index (χ3v) is 6.43. The quantitative estimate of drug-likeness (QED) is 0.740. The third kappa shape index (κ3) is 1.42. The lowest BCUT2D eigenvalue weighted by atomic mass is 9.65. The van der Waals surface area contributed by atoms with Crippen molar-refractivity contribution in [1.29, 1.82) is 0 Å². The molecule has 2 bridgehead atoms. The summed E-state index contributed by atoms with van der Waals surface area (Å²) in [4.78, 5) is 0. The van der Waals surface area contributed by atoms with Crippen LogP contribution >= 0.6 is 0 Å². The fourth-order valence-corrected chi connectivity index (χ4v) is 5.29. The van der Waals surface area contributed by atoms with E-state index in [0.29, 0.717) is 0 Å². The van der Waals surface area contributed by atoms with Crippen LogP contribution in [-0.4, -0.2) is 18.5 Å². The number of ether oxygens (including phenoxy) is 2. The number of hydrogen-bond donors (Lipinski definition) is 0. The first-order valence-electron chi connectivity index (χ1n) is 7.61. The Balaban J connectivity index is 2.01. The second kappa shape index (κ2) is 3.73. The Bertz CT molecular complexity index is 353. The summed E-state index contributed by atoms with van der Waals surface area (Å²) in [6, 6.07) is 0. The van der Waals surface area contributed by atoms with Crippen LogP contribution in [-0.2, 0) is 9.47 Å². The Morgan fingerprint density at radius 3 is 2.50 bits per heavy atom. The molecule has 2 heteroatoms. The smallest absolute Gasteiger partial charge is 0.174 e. The normalized spacial score (nSPS) is 55.0. The SMILES string of the molecule is COC12CC[C@](C)(CC3[C@@H](C(C)C)CC[C@@]31C)O2. The van der Waals surface area contributed by atoms with Crippen LogP contribution in [0.2, 0.25) is 0 Å². The van der Waals surface area contributed by atoms with Crippen LogP contribution in [0.25, 0.3) is 0 Å². The predicted octanol–water partition coefficient (Wildman–Crippen LogP) is 3.99. The van der Waals surface area contributed by atoms with Crippen LogP contribution in [0, 0.1) is 23.2 Å². The maximum absolute atomic E-state index is 6.44. The lowest BCUT2D eigenvalue weighted by Crippen LogP contribution is -2.57. The van der Waals surface area contributed by atoms with Gasteiger partial charge in [-0.2, -0.15) is 0 Å². The summed E-state index contributed by atoms with van der Waals surface area (Å²) in [5, 5.41) is 0. The number of methoxy groups -OCH3 is 1. The molecule has 2 aliphatic heterocycles. The molecule has 2 saturated heterocycles. The van der Waals surface area contributed by atoms with Gasteiger partial charge in [-0.25, -0.2) is 0 Å². The van der Waals surface area contributed by atoms with Crippen molar-refractivity contribution in [3.05, 3.63) is 0 Å². The molecule has 0 aromatic heterocycles. The lowest BCUT2D eigenvalue weighted by Gasteiger charge is -2.53. The molecule has 2 unspecified atom stereocenters. The van der Waals surface area contributed by atoms with Gasteiger partial charge in [0, 0.05) is 18.9 Å². The van der Waals surface area contributed by atoms with Gasteiger partial charge in [0.2, 0.25) is 0 Å². The molecule has 1 aliphatic carbocycles. The fraction of sp³-hybridized carbons (Fsp3) is 1.00. The Labute approximate surface area is 111 Å². The van der Waals surface area contributed by atoms with Crippen molar-refractivity contribution in [3.63, 3.8) is 0 Å². The first kappa shape index (κ1) is 12.9. The van der Waals surface area contributed by atoms with E-state index < -0.39 is 0 Å². The average molecular weight is 252 g/mol. The second-order valence-corrected chi connectivity index (χ2v) is 7.68. The standard InChI is InChI=1S/C16H28O2/c1-11(2)12-6-7-15(4)13(12)10-14(3)8-9-16(15,17-5)18-14/h11-13H,6-10H2,1-5H3/t12-,13?,14-,15+,16?/m1/s1. The Kier molecular flexibility index (Phi) is 2.68. The van der Waals surface area contributed by atoms with Gasteiger partial charge in [0.25, 0.3) is 0 Å². The highest BCUT2D eigenvalue weighted by Gasteiger charge is 2.68. The minimum Gasteiger partial charge on any atom is -0.353 e. The molecule has 2 nitrogen and oxygen atoms in total. The van der Waals surface area contributed by atoms with Crippen LogP contribution in [0.4, 0.5) is 0 Å². The molecular formula is C16H28O2. The molecule has 104 valence electrons. The van der Waals surface area contributed by atoms with Crippen molar-refractivity contribution < 1.29 is 9.47 Å². The van der Waals surface area contributed by atoms with Crippen LogP contribution in [0.1, 0.15) is 59.8 Å². The Hall–Kier alpha value is -0.0800. The molecule has 5 atom stereocenters. The van der Waals surface area contributed by atoms with E-state index in [0.717, 1.165) is 30.6 Å². The van der Waals surface area contributed by atoms with Gasteiger partial charge in [-0.05, 0) is 50.4 Å². The predicted molar refractivity (Wildman–Crippen MR) is 72.2 cm³/mol. The van der Waals surface area contributed by atoms with Crippen LogP contribution in [0.3, 0.4) is 0 Å². The molecule has 3 rings (SSSR count). The van der Waals surface area contributed by atoms with Crippen LogP contribution in [0.15, 0.2) is 0 Å². The van der Waals surface area contributed by atoms with Gasteiger partial charge < -0.3 is 9.47 Å². The third-order valence-electron chi connectivity index (χ3n) is 6.43. The fourth-order valence-electron chi connectivity index (χ4n) is 5.29. The van der Waals surface area contributed by atoms with E-state index in [1.807, 2.05) is 7.11 Å². The molecule has 3 aliphatic rings. The summed E-state index contributed by atoms with van der Waals surface area (Å²) in [6.07, 6.45) is 6.10. The topological polar surface area (TPSA) is 18.5 Å².